The summed E-state index contributed by atoms with van der Waals surface area (Å²) in [5.41, 5.74) is 0. The fourth-order valence-electron chi connectivity index (χ4n) is 0. The highest BCUT2D eigenvalue weighted by molar-refractivity contribution is 9.44. The van der Waals surface area contributed by atoms with E-state index in [1.807, 2.05) is 0 Å². The first-order valence-corrected chi connectivity index (χ1v) is 7.28. The summed E-state index contributed by atoms with van der Waals surface area (Å²) in [5, 5.41) is 0. The molecule has 0 fully saturated rings. The Morgan fingerprint density at radius 1 is 1.83 bits per heavy atom. The normalized spacial score (nSPS) is 19.8. The zero-order chi connectivity index (χ0) is 5.21. The van der Waals surface area contributed by atoms with Crippen molar-refractivity contribution in [2.24, 2.45) is 0 Å². The molecule has 0 nitrogen and oxygen atoms in total. The molecule has 0 saturated carbocycles. The quantitative estimate of drug-likeness (QED) is 0.568. The highest BCUT2D eigenvalue weighted by Gasteiger charge is 1.95. The van der Waals surface area contributed by atoms with Crippen molar-refractivity contribution < 1.29 is 0 Å². The van der Waals surface area contributed by atoms with E-state index < -0.39 is 4.74 Å². The van der Waals surface area contributed by atoms with E-state index in [9.17, 15) is 0 Å². The summed E-state index contributed by atoms with van der Waals surface area (Å²) in [6, 6.07) is 0. The highest BCUT2D eigenvalue weighted by Crippen LogP contribution is 2.49. The lowest BCUT2D eigenvalue weighted by atomic mass is 11.0. The Hall–Kier alpha value is 1.13. The van der Waals surface area contributed by atoms with E-state index in [0.717, 1.165) is 6.16 Å². The lowest BCUT2D eigenvalue weighted by molar-refractivity contribution is 1.51. The van der Waals surface area contributed by atoms with Gasteiger partial charge in [-0.2, -0.15) is 0 Å². The van der Waals surface area contributed by atoms with Crippen molar-refractivity contribution in [2.75, 3.05) is 12.8 Å². The van der Waals surface area contributed by atoms with E-state index in [0.29, 0.717) is 0 Å². The minimum Gasteiger partial charge on any atom is -0.0857 e. The van der Waals surface area contributed by atoms with Gasteiger partial charge in [0.05, 0.1) is 0 Å². The molecule has 0 rings (SSSR count). The Kier molecular flexibility index (Phi) is 2.90. The van der Waals surface area contributed by atoms with Crippen molar-refractivity contribution in [3.63, 3.8) is 0 Å². The maximum absolute atomic E-state index is 5.01. The SMILES string of the molecule is CCP(C)(=S)Br. The van der Waals surface area contributed by atoms with E-state index in [1.165, 1.54) is 0 Å². The smallest absolute Gasteiger partial charge is 0.0140 e. The second-order valence-electron chi connectivity index (χ2n) is 1.30. The molecule has 1 unspecified atom stereocenters. The van der Waals surface area contributed by atoms with Gasteiger partial charge in [-0.25, -0.2) is 0 Å². The number of rotatable bonds is 1. The fraction of sp³-hybridized carbons (Fsp3) is 1.00. The first-order chi connectivity index (χ1) is 2.56. The maximum Gasteiger partial charge on any atom is 0.0140 e. The first kappa shape index (κ1) is 7.13. The van der Waals surface area contributed by atoms with Gasteiger partial charge in [0, 0.05) is 4.74 Å². The summed E-state index contributed by atoms with van der Waals surface area (Å²) in [6.45, 7) is 4.19. The zero-order valence-electron chi connectivity index (χ0n) is 3.94. The van der Waals surface area contributed by atoms with Crippen LogP contribution in [0.25, 0.3) is 0 Å². The molecule has 38 valence electrons. The van der Waals surface area contributed by atoms with Gasteiger partial charge < -0.3 is 0 Å². The van der Waals surface area contributed by atoms with Gasteiger partial charge in [0.2, 0.25) is 0 Å². The Balaban J connectivity index is 3.48. The number of hydrogen-bond donors (Lipinski definition) is 0. The molecule has 0 aliphatic heterocycles. The van der Waals surface area contributed by atoms with Crippen molar-refractivity contribution in [1.29, 1.82) is 0 Å². The second kappa shape index (κ2) is 2.44. The summed E-state index contributed by atoms with van der Waals surface area (Å²) in [5.74, 6) is 0. The molecule has 0 aromatic carbocycles. The Morgan fingerprint density at radius 2 is 2.00 bits per heavy atom. The molecule has 0 radical (unpaired) electrons. The van der Waals surface area contributed by atoms with Gasteiger partial charge in [-0.05, 0) is 28.3 Å². The molecule has 0 amide bonds. The van der Waals surface area contributed by atoms with Crippen LogP contribution in [0.4, 0.5) is 0 Å². The van der Waals surface area contributed by atoms with Crippen LogP contribution >= 0.6 is 20.2 Å². The van der Waals surface area contributed by atoms with Gasteiger partial charge in [0.1, 0.15) is 0 Å². The average molecular weight is 187 g/mol. The van der Waals surface area contributed by atoms with E-state index in [1.54, 1.807) is 0 Å². The van der Waals surface area contributed by atoms with Crippen LogP contribution in [0.2, 0.25) is 0 Å². The van der Waals surface area contributed by atoms with Crippen LogP contribution in [0.15, 0.2) is 0 Å². The fourth-order valence-corrected chi connectivity index (χ4v) is 0. The minimum atomic E-state index is -1.00. The van der Waals surface area contributed by atoms with Crippen LogP contribution < -0.4 is 0 Å². The molecule has 0 aromatic heterocycles. The third kappa shape index (κ3) is 5.13. The first-order valence-electron chi connectivity index (χ1n) is 1.82. The Morgan fingerprint density at radius 3 is 2.00 bits per heavy atom. The van der Waals surface area contributed by atoms with E-state index in [2.05, 4.69) is 29.1 Å². The van der Waals surface area contributed by atoms with Crippen molar-refractivity contribution in [3.05, 3.63) is 0 Å². The molecule has 3 heteroatoms. The van der Waals surface area contributed by atoms with Crippen molar-refractivity contribution >= 4 is 32.0 Å². The van der Waals surface area contributed by atoms with Gasteiger partial charge in [0.25, 0.3) is 0 Å². The predicted octanol–water partition coefficient (Wildman–Crippen LogP) is 2.43. The standard InChI is InChI=1S/C3H8BrPS/c1-3-5(2,4)6/h3H2,1-2H3. The van der Waals surface area contributed by atoms with Gasteiger partial charge in [-0.1, -0.05) is 18.7 Å². The third-order valence-electron chi connectivity index (χ3n) is 0.565. The predicted molar refractivity (Wildman–Crippen MR) is 39.7 cm³/mol. The maximum atomic E-state index is 5.01. The van der Waals surface area contributed by atoms with E-state index in [-0.39, 0.29) is 0 Å². The molecule has 0 saturated heterocycles. The van der Waals surface area contributed by atoms with Crippen LogP contribution in [-0.4, -0.2) is 12.8 Å². The highest BCUT2D eigenvalue weighted by atomic mass is 79.9. The van der Waals surface area contributed by atoms with Crippen LogP contribution in [0.3, 0.4) is 0 Å². The molecule has 0 heterocycles. The lowest BCUT2D eigenvalue weighted by Gasteiger charge is -1.98. The summed E-state index contributed by atoms with van der Waals surface area (Å²) >= 11 is 8.42. The molecule has 0 bridgehead atoms. The monoisotopic (exact) mass is 186 g/mol. The van der Waals surface area contributed by atoms with Gasteiger partial charge in [-0.15, -0.1) is 0 Å². The average Bonchev–Trinajstić information content (AvgIpc) is 1.35. The summed E-state index contributed by atoms with van der Waals surface area (Å²) < 4.78 is -1.00. The lowest BCUT2D eigenvalue weighted by Crippen LogP contribution is -1.65. The molecule has 1 atom stereocenters. The van der Waals surface area contributed by atoms with Crippen molar-refractivity contribution in [3.8, 4) is 0 Å². The van der Waals surface area contributed by atoms with E-state index in [4.69, 9.17) is 11.8 Å². The molecule has 0 aliphatic rings. The van der Waals surface area contributed by atoms with Crippen LogP contribution in [0.5, 0.6) is 0 Å². The molecular formula is C3H8BrPS. The Labute approximate surface area is 52.1 Å². The van der Waals surface area contributed by atoms with Crippen LogP contribution in [0, 0.1) is 0 Å². The molecule has 0 N–H and O–H groups in total. The van der Waals surface area contributed by atoms with Crippen LogP contribution in [-0.2, 0) is 11.8 Å². The van der Waals surface area contributed by atoms with E-state index >= 15 is 0 Å². The van der Waals surface area contributed by atoms with Gasteiger partial charge >= 0.3 is 0 Å². The topological polar surface area (TPSA) is 0 Å². The van der Waals surface area contributed by atoms with Gasteiger partial charge in [-0.3, -0.25) is 0 Å². The molecule has 6 heavy (non-hydrogen) atoms. The minimum absolute atomic E-state index is 1.00. The van der Waals surface area contributed by atoms with Gasteiger partial charge in [0.15, 0.2) is 0 Å². The molecule has 0 aliphatic carbocycles. The summed E-state index contributed by atoms with van der Waals surface area (Å²) in [6.07, 6.45) is 1.11. The number of halogens is 1. The van der Waals surface area contributed by atoms with Crippen molar-refractivity contribution in [2.45, 2.75) is 6.92 Å². The molecule has 0 spiro atoms. The second-order valence-corrected chi connectivity index (χ2v) is 12.4. The summed E-state index contributed by atoms with van der Waals surface area (Å²) in [4.78, 5) is 0. The van der Waals surface area contributed by atoms with Crippen LogP contribution in [0.1, 0.15) is 6.92 Å². The third-order valence-corrected chi connectivity index (χ3v) is 3.97. The van der Waals surface area contributed by atoms with Crippen molar-refractivity contribution in [1.82, 2.24) is 0 Å². The Bertz CT molecular complexity index is 74.9. The number of hydrogen-bond acceptors (Lipinski definition) is 1. The zero-order valence-corrected chi connectivity index (χ0v) is 7.24. The summed E-state index contributed by atoms with van der Waals surface area (Å²) in [7, 11) is 0. The molecule has 0 aromatic rings. The largest absolute Gasteiger partial charge is 0.0857 e. The molecular weight excluding hydrogens is 179 g/mol.